The van der Waals surface area contributed by atoms with Crippen LogP contribution in [0.1, 0.15) is 65.6 Å². The molecule has 0 spiro atoms. The lowest BCUT2D eigenvalue weighted by Crippen LogP contribution is -2.45. The molecule has 0 amide bonds. The van der Waals surface area contributed by atoms with E-state index in [2.05, 4.69) is 46.3 Å². The van der Waals surface area contributed by atoms with Gasteiger partial charge < -0.3 is 10.2 Å². The van der Waals surface area contributed by atoms with Crippen molar-refractivity contribution in [2.24, 2.45) is 0 Å². The van der Waals surface area contributed by atoms with Gasteiger partial charge in [-0.25, -0.2) is 4.68 Å². The second-order valence-electron chi connectivity index (χ2n) is 8.85. The molecule has 2 aromatic rings. The van der Waals surface area contributed by atoms with Crippen molar-refractivity contribution in [1.82, 2.24) is 20.0 Å². The largest absolute Gasteiger partial charge is 0.367 e. The van der Waals surface area contributed by atoms with E-state index in [9.17, 15) is 4.79 Å². The topological polar surface area (TPSA) is 75.9 Å². The van der Waals surface area contributed by atoms with Crippen molar-refractivity contribution in [3.63, 3.8) is 0 Å². The normalized spacial score (nSPS) is 17.8. The Morgan fingerprint density at radius 1 is 1.14 bits per heavy atom. The Morgan fingerprint density at radius 3 is 2.57 bits per heavy atom. The van der Waals surface area contributed by atoms with E-state index >= 15 is 0 Å². The quantitative estimate of drug-likeness (QED) is 0.852. The summed E-state index contributed by atoms with van der Waals surface area (Å²) in [6, 6.07) is 7.86. The molecule has 0 bridgehead atoms. The fraction of sp³-hybridized carbons (Fsp3) is 0.619. The first kappa shape index (κ1) is 20.3. The van der Waals surface area contributed by atoms with E-state index in [1.807, 2.05) is 32.0 Å². The zero-order chi connectivity index (χ0) is 20.3. The summed E-state index contributed by atoms with van der Waals surface area (Å²) in [5, 5.41) is 16.7. The lowest BCUT2D eigenvalue weighted by molar-refractivity contribution is 0.451. The second-order valence-corrected chi connectivity index (χ2v) is 8.85. The summed E-state index contributed by atoms with van der Waals surface area (Å²) in [6.45, 7) is 12.1. The van der Waals surface area contributed by atoms with Gasteiger partial charge >= 0.3 is 0 Å². The lowest BCUT2D eigenvalue weighted by atomic mass is 9.92. The van der Waals surface area contributed by atoms with Crippen molar-refractivity contribution in [1.29, 1.82) is 0 Å². The Labute approximate surface area is 167 Å². The number of nitrogens with zero attached hydrogens (tertiary/aromatic N) is 5. The van der Waals surface area contributed by atoms with Crippen molar-refractivity contribution in [2.45, 2.75) is 71.4 Å². The monoisotopic (exact) mass is 384 g/mol. The highest BCUT2D eigenvalue weighted by Gasteiger charge is 2.24. The van der Waals surface area contributed by atoms with E-state index in [0.29, 0.717) is 6.04 Å². The van der Waals surface area contributed by atoms with Gasteiger partial charge in [-0.2, -0.15) is 10.2 Å². The molecule has 3 heterocycles. The average Bonchev–Trinajstić information content (AvgIpc) is 2.66. The zero-order valence-electron chi connectivity index (χ0n) is 17.6. The molecule has 1 saturated heterocycles. The summed E-state index contributed by atoms with van der Waals surface area (Å²) in [4.78, 5) is 14.4. The van der Waals surface area contributed by atoms with Crippen LogP contribution in [0.3, 0.4) is 0 Å². The first-order valence-electron chi connectivity index (χ1n) is 10.2. The third kappa shape index (κ3) is 4.69. The summed E-state index contributed by atoms with van der Waals surface area (Å²) in [6.07, 6.45) is 3.42. The number of anilines is 2. The minimum atomic E-state index is -0.0559. The van der Waals surface area contributed by atoms with Gasteiger partial charge in [-0.1, -0.05) is 20.8 Å². The first-order valence-corrected chi connectivity index (χ1v) is 10.2. The Bertz CT molecular complexity index is 837. The number of aromatic nitrogens is 4. The minimum Gasteiger partial charge on any atom is -0.367 e. The fourth-order valence-corrected chi connectivity index (χ4v) is 3.50. The van der Waals surface area contributed by atoms with Crippen molar-refractivity contribution in [3.05, 3.63) is 40.3 Å². The van der Waals surface area contributed by atoms with E-state index in [4.69, 9.17) is 0 Å². The molecule has 1 aliphatic rings. The Balaban J connectivity index is 1.72. The molecule has 0 aliphatic carbocycles. The minimum absolute atomic E-state index is 0.00309. The fourth-order valence-electron chi connectivity index (χ4n) is 3.50. The van der Waals surface area contributed by atoms with Gasteiger partial charge in [-0.3, -0.25) is 4.79 Å². The maximum absolute atomic E-state index is 12.0. The van der Waals surface area contributed by atoms with Crippen molar-refractivity contribution in [3.8, 4) is 0 Å². The number of hydrogen-bond acceptors (Lipinski definition) is 6. The van der Waals surface area contributed by atoms with Crippen LogP contribution in [0.25, 0.3) is 0 Å². The van der Waals surface area contributed by atoms with Crippen LogP contribution >= 0.6 is 0 Å². The summed E-state index contributed by atoms with van der Waals surface area (Å²) in [5.41, 5.74) is 0.925. The lowest BCUT2D eigenvalue weighted by Gasteiger charge is -2.37. The van der Waals surface area contributed by atoms with Gasteiger partial charge in [0.25, 0.3) is 5.56 Å². The molecule has 1 atom stereocenters. The molecule has 152 valence electrons. The molecule has 0 radical (unpaired) electrons. The third-order valence-corrected chi connectivity index (χ3v) is 5.17. The van der Waals surface area contributed by atoms with Crippen LogP contribution in [0, 0.1) is 0 Å². The van der Waals surface area contributed by atoms with E-state index in [1.165, 1.54) is 6.42 Å². The Hall–Kier alpha value is -2.44. The van der Waals surface area contributed by atoms with Crippen molar-refractivity contribution in [2.75, 3.05) is 23.3 Å². The van der Waals surface area contributed by atoms with E-state index < -0.39 is 0 Å². The van der Waals surface area contributed by atoms with Crippen LogP contribution in [-0.4, -0.2) is 39.1 Å². The highest BCUT2D eigenvalue weighted by atomic mass is 16.1. The molecule has 28 heavy (non-hydrogen) atoms. The van der Waals surface area contributed by atoms with Crippen LogP contribution in [0.15, 0.2) is 29.1 Å². The molecule has 1 unspecified atom stereocenters. The van der Waals surface area contributed by atoms with Gasteiger partial charge in [0, 0.05) is 30.6 Å². The first-order chi connectivity index (χ1) is 13.3. The van der Waals surface area contributed by atoms with Gasteiger partial charge in [-0.15, -0.1) is 5.10 Å². The zero-order valence-corrected chi connectivity index (χ0v) is 17.6. The summed E-state index contributed by atoms with van der Waals surface area (Å²) >= 11 is 0. The van der Waals surface area contributed by atoms with Gasteiger partial charge in [0.2, 0.25) is 0 Å². The van der Waals surface area contributed by atoms with Gasteiger partial charge in [0.1, 0.15) is 11.6 Å². The molecule has 0 aromatic carbocycles. The predicted octanol–water partition coefficient (Wildman–Crippen LogP) is 3.38. The van der Waals surface area contributed by atoms with Crippen molar-refractivity contribution < 1.29 is 0 Å². The third-order valence-electron chi connectivity index (χ3n) is 5.17. The summed E-state index contributed by atoms with van der Waals surface area (Å²) in [7, 11) is 0. The van der Waals surface area contributed by atoms with Gasteiger partial charge in [-0.05, 0) is 51.3 Å². The van der Waals surface area contributed by atoms with E-state index in [-0.39, 0.29) is 17.0 Å². The molecule has 1 fully saturated rings. The highest BCUT2D eigenvalue weighted by Crippen LogP contribution is 2.24. The van der Waals surface area contributed by atoms with Crippen molar-refractivity contribution >= 4 is 11.6 Å². The number of hydrogen-bond donors (Lipinski definition) is 1. The number of rotatable bonds is 5. The highest BCUT2D eigenvalue weighted by molar-refractivity contribution is 5.41. The standard InChI is InChI=1S/C21H32N6O/c1-15(2)27-20(28)12-11-19(25-27)26-13-7-6-8-16(26)14-22-18-10-9-17(23-24-18)21(3,4)5/h9-12,15-16H,6-8,13-14H2,1-5H3,(H,22,24). The van der Waals surface area contributed by atoms with E-state index in [1.54, 1.807) is 10.7 Å². The molecule has 1 aliphatic heterocycles. The molecular weight excluding hydrogens is 352 g/mol. The molecule has 7 nitrogen and oxygen atoms in total. The number of nitrogens with one attached hydrogen (secondary N) is 1. The van der Waals surface area contributed by atoms with E-state index in [0.717, 1.165) is 43.3 Å². The summed E-state index contributed by atoms with van der Waals surface area (Å²) in [5.74, 6) is 1.66. The second kappa shape index (κ2) is 8.29. The van der Waals surface area contributed by atoms with Crippen LogP contribution in [0.5, 0.6) is 0 Å². The maximum atomic E-state index is 12.0. The molecule has 1 N–H and O–H groups in total. The maximum Gasteiger partial charge on any atom is 0.267 e. The van der Waals surface area contributed by atoms with Crippen LogP contribution < -0.4 is 15.8 Å². The molecule has 3 rings (SSSR count). The van der Waals surface area contributed by atoms with Gasteiger partial charge in [0.05, 0.1) is 11.7 Å². The number of piperidine rings is 1. The SMILES string of the molecule is CC(C)n1nc(N2CCCCC2CNc2ccc(C(C)(C)C)nn2)ccc1=O. The molecule has 2 aromatic heterocycles. The van der Waals surface area contributed by atoms with Crippen LogP contribution in [0.2, 0.25) is 0 Å². The molecular formula is C21H32N6O. The Morgan fingerprint density at radius 2 is 1.93 bits per heavy atom. The molecule has 0 saturated carbocycles. The van der Waals surface area contributed by atoms with Gasteiger partial charge in [0.15, 0.2) is 0 Å². The molecule has 7 heteroatoms. The van der Waals surface area contributed by atoms with Crippen LogP contribution in [0.4, 0.5) is 11.6 Å². The van der Waals surface area contributed by atoms with Crippen LogP contribution in [-0.2, 0) is 5.41 Å². The Kier molecular flexibility index (Phi) is 6.01. The summed E-state index contributed by atoms with van der Waals surface area (Å²) < 4.78 is 1.56. The smallest absolute Gasteiger partial charge is 0.267 e. The average molecular weight is 385 g/mol. The predicted molar refractivity (Wildman–Crippen MR) is 113 cm³/mol.